The quantitative estimate of drug-likeness (QED) is 0.523. The van der Waals surface area contributed by atoms with Crippen molar-refractivity contribution < 1.29 is 8.78 Å². The van der Waals surface area contributed by atoms with Gasteiger partial charge in [-0.3, -0.25) is 0 Å². The number of benzene rings is 1. The molecule has 1 aromatic carbocycles. The van der Waals surface area contributed by atoms with Crippen molar-refractivity contribution in [2.75, 3.05) is 0 Å². The van der Waals surface area contributed by atoms with Gasteiger partial charge in [0.25, 0.3) is 0 Å². The molecule has 1 fully saturated rings. The first-order chi connectivity index (χ1) is 6.85. The molecule has 0 nitrogen and oxygen atoms in total. The highest BCUT2D eigenvalue weighted by atomic mass is 79.9. The molecule has 0 amide bonds. The summed E-state index contributed by atoms with van der Waals surface area (Å²) in [6.07, 6.45) is 0. The van der Waals surface area contributed by atoms with E-state index in [2.05, 4.69) is 15.9 Å². The summed E-state index contributed by atoms with van der Waals surface area (Å²) in [4.78, 5) is 0. The van der Waals surface area contributed by atoms with Crippen LogP contribution in [0.5, 0.6) is 0 Å². The van der Waals surface area contributed by atoms with E-state index in [4.69, 9.17) is 23.2 Å². The van der Waals surface area contributed by atoms with Crippen LogP contribution in [0.25, 0.3) is 0 Å². The molecule has 1 aliphatic rings. The second-order valence-electron chi connectivity index (χ2n) is 3.73. The summed E-state index contributed by atoms with van der Waals surface area (Å²) in [5.41, 5.74) is 0.236. The van der Waals surface area contributed by atoms with Crippen molar-refractivity contribution in [1.29, 1.82) is 0 Å². The second-order valence-corrected chi connectivity index (χ2v) is 6.03. The Bertz CT molecular complexity index is 420. The maximum atomic E-state index is 13.7. The number of halogens is 5. The van der Waals surface area contributed by atoms with Gasteiger partial charge in [-0.15, -0.1) is 23.2 Å². The third kappa shape index (κ3) is 1.79. The van der Waals surface area contributed by atoms with Gasteiger partial charge in [0.2, 0.25) is 0 Å². The normalized spacial score (nSPS) is 27.9. The van der Waals surface area contributed by atoms with E-state index in [0.29, 0.717) is 0 Å². The maximum Gasteiger partial charge on any atom is 0.141 e. The van der Waals surface area contributed by atoms with Crippen molar-refractivity contribution in [3.63, 3.8) is 0 Å². The topological polar surface area (TPSA) is 0 Å². The highest BCUT2D eigenvalue weighted by Crippen LogP contribution is 2.65. The summed E-state index contributed by atoms with van der Waals surface area (Å²) in [5, 5.41) is 0. The molecule has 0 aliphatic heterocycles. The van der Waals surface area contributed by atoms with E-state index < -0.39 is 16.0 Å². The van der Waals surface area contributed by atoms with Gasteiger partial charge >= 0.3 is 0 Å². The number of hydrogen-bond donors (Lipinski definition) is 0. The Hall–Kier alpha value is 0.140. The van der Waals surface area contributed by atoms with Crippen molar-refractivity contribution in [2.24, 2.45) is 5.92 Å². The minimum atomic E-state index is -0.978. The summed E-state index contributed by atoms with van der Waals surface area (Å²) >= 11 is 14.8. The summed E-state index contributed by atoms with van der Waals surface area (Å²) in [7, 11) is 0. The first-order valence-electron chi connectivity index (χ1n) is 4.38. The van der Waals surface area contributed by atoms with Crippen LogP contribution in [0.1, 0.15) is 18.4 Å². The minimum Gasteiger partial charge on any atom is -0.207 e. The summed E-state index contributed by atoms with van der Waals surface area (Å²) in [6.45, 7) is 1.81. The van der Waals surface area contributed by atoms with E-state index in [-0.39, 0.29) is 21.9 Å². The molecule has 0 aromatic heterocycles. The smallest absolute Gasteiger partial charge is 0.141 e. The fourth-order valence-electron chi connectivity index (χ4n) is 1.76. The molecule has 0 N–H and O–H groups in total. The van der Waals surface area contributed by atoms with E-state index in [9.17, 15) is 8.78 Å². The van der Waals surface area contributed by atoms with Gasteiger partial charge in [-0.2, -0.15) is 0 Å². The zero-order valence-corrected chi connectivity index (χ0v) is 10.8. The summed E-state index contributed by atoms with van der Waals surface area (Å²) < 4.78 is 25.9. The van der Waals surface area contributed by atoms with Crippen LogP contribution >= 0.6 is 39.1 Å². The van der Waals surface area contributed by atoms with Crippen LogP contribution in [0.15, 0.2) is 16.6 Å². The van der Waals surface area contributed by atoms with Crippen LogP contribution in [0.3, 0.4) is 0 Å². The first kappa shape index (κ1) is 11.6. The van der Waals surface area contributed by atoms with E-state index in [1.807, 2.05) is 6.92 Å². The van der Waals surface area contributed by atoms with E-state index >= 15 is 0 Å². The molecular weight excluding hydrogens is 309 g/mol. The van der Waals surface area contributed by atoms with Gasteiger partial charge in [0.15, 0.2) is 0 Å². The Morgan fingerprint density at radius 2 is 1.87 bits per heavy atom. The summed E-state index contributed by atoms with van der Waals surface area (Å²) in [5.74, 6) is -1.39. The lowest BCUT2D eigenvalue weighted by Crippen LogP contribution is -1.96. The SMILES string of the molecule is CC1C(c2cc(F)cc(Br)c2F)C1(Cl)Cl. The molecule has 2 atom stereocenters. The molecule has 1 aliphatic carbocycles. The molecule has 1 saturated carbocycles. The Balaban J connectivity index is 2.47. The maximum absolute atomic E-state index is 13.7. The fraction of sp³-hybridized carbons (Fsp3) is 0.400. The van der Waals surface area contributed by atoms with Gasteiger partial charge < -0.3 is 0 Å². The van der Waals surface area contributed by atoms with E-state index in [1.165, 1.54) is 0 Å². The molecule has 2 rings (SSSR count). The highest BCUT2D eigenvalue weighted by Gasteiger charge is 2.61. The van der Waals surface area contributed by atoms with Crippen molar-refractivity contribution in [3.8, 4) is 0 Å². The lowest BCUT2D eigenvalue weighted by molar-refractivity contribution is 0.577. The average molecular weight is 316 g/mol. The van der Waals surface area contributed by atoms with Crippen LogP contribution in [0.2, 0.25) is 0 Å². The lowest BCUT2D eigenvalue weighted by atomic mass is 10.1. The molecule has 0 radical (unpaired) electrons. The predicted octanol–water partition coefficient (Wildman–Crippen LogP) is 4.63. The standard InChI is InChI=1S/C10H7BrCl2F2/c1-4-8(10(4,12)13)6-2-5(14)3-7(11)9(6)15/h2-4,8H,1H3. The van der Waals surface area contributed by atoms with Gasteiger partial charge in [0.1, 0.15) is 16.0 Å². The molecule has 0 saturated heterocycles. The molecule has 2 unspecified atom stereocenters. The predicted molar refractivity (Wildman–Crippen MR) is 60.4 cm³/mol. The summed E-state index contributed by atoms with van der Waals surface area (Å²) in [6, 6.07) is 2.23. The van der Waals surface area contributed by atoms with Crippen LogP contribution in [-0.2, 0) is 0 Å². The molecular formula is C10H7BrCl2F2. The molecule has 0 heterocycles. The molecule has 0 bridgehead atoms. The lowest BCUT2D eigenvalue weighted by Gasteiger charge is -2.05. The first-order valence-corrected chi connectivity index (χ1v) is 5.93. The Morgan fingerprint density at radius 3 is 2.33 bits per heavy atom. The zero-order valence-electron chi connectivity index (χ0n) is 7.70. The van der Waals surface area contributed by atoms with Crippen LogP contribution in [-0.4, -0.2) is 4.33 Å². The second kappa shape index (κ2) is 3.57. The minimum absolute atomic E-state index is 0.0657. The average Bonchev–Trinajstić information content (AvgIpc) is 2.60. The molecule has 0 spiro atoms. The third-order valence-corrected chi connectivity index (χ3v) is 4.50. The monoisotopic (exact) mass is 314 g/mol. The largest absolute Gasteiger partial charge is 0.207 e. The van der Waals surface area contributed by atoms with E-state index in [0.717, 1.165) is 12.1 Å². The molecule has 5 heteroatoms. The van der Waals surface area contributed by atoms with Crippen LogP contribution < -0.4 is 0 Å². The zero-order chi connectivity index (χ0) is 11.4. The Kier molecular flexibility index (Phi) is 2.77. The number of hydrogen-bond acceptors (Lipinski definition) is 0. The number of rotatable bonds is 1. The van der Waals surface area contributed by atoms with Gasteiger partial charge in [-0.05, 0) is 39.5 Å². The van der Waals surface area contributed by atoms with Crippen molar-refractivity contribution in [2.45, 2.75) is 17.2 Å². The van der Waals surface area contributed by atoms with Gasteiger partial charge in [-0.25, -0.2) is 8.78 Å². The van der Waals surface area contributed by atoms with Gasteiger partial charge in [-0.1, -0.05) is 6.92 Å². The Morgan fingerprint density at radius 1 is 1.33 bits per heavy atom. The molecule has 15 heavy (non-hydrogen) atoms. The van der Waals surface area contributed by atoms with Crippen LogP contribution in [0, 0.1) is 17.6 Å². The Labute approximate surface area is 105 Å². The highest BCUT2D eigenvalue weighted by molar-refractivity contribution is 9.10. The van der Waals surface area contributed by atoms with E-state index in [1.54, 1.807) is 0 Å². The van der Waals surface area contributed by atoms with Gasteiger partial charge in [0.05, 0.1) is 4.47 Å². The molecule has 1 aromatic rings. The van der Waals surface area contributed by atoms with Crippen molar-refractivity contribution in [3.05, 3.63) is 33.8 Å². The third-order valence-electron chi connectivity index (χ3n) is 2.77. The van der Waals surface area contributed by atoms with Gasteiger partial charge in [0, 0.05) is 5.92 Å². The number of alkyl halides is 2. The molecule has 82 valence electrons. The van der Waals surface area contributed by atoms with Crippen LogP contribution in [0.4, 0.5) is 8.78 Å². The van der Waals surface area contributed by atoms with Crippen molar-refractivity contribution >= 4 is 39.1 Å². The van der Waals surface area contributed by atoms with Crippen molar-refractivity contribution in [1.82, 2.24) is 0 Å². The fourth-order valence-corrected chi connectivity index (χ4v) is 2.95.